The van der Waals surface area contributed by atoms with Crippen molar-refractivity contribution in [1.82, 2.24) is 4.90 Å². The van der Waals surface area contributed by atoms with Gasteiger partial charge < -0.3 is 10.0 Å². The third-order valence-corrected chi connectivity index (χ3v) is 3.12. The largest absolute Gasteiger partial charge is 0.480 e. The molecule has 0 aliphatic heterocycles. The van der Waals surface area contributed by atoms with Crippen molar-refractivity contribution in [2.24, 2.45) is 0 Å². The Morgan fingerprint density at radius 1 is 1.35 bits per heavy atom. The normalized spacial score (nSPS) is 12.0. The second-order valence-corrected chi connectivity index (χ2v) is 4.56. The van der Waals surface area contributed by atoms with E-state index in [1.807, 2.05) is 6.92 Å². The summed E-state index contributed by atoms with van der Waals surface area (Å²) in [5.74, 6) is -3.77. The molecule has 0 aliphatic rings. The lowest BCUT2D eigenvalue weighted by molar-refractivity contribution is -0.145. The van der Waals surface area contributed by atoms with Gasteiger partial charge >= 0.3 is 5.97 Å². The van der Waals surface area contributed by atoms with Crippen molar-refractivity contribution >= 4 is 11.9 Å². The molecule has 0 saturated carbocycles. The smallest absolute Gasteiger partial charge is 0.323 e. The number of carbonyl (C=O) groups is 2. The van der Waals surface area contributed by atoms with Crippen LogP contribution in [-0.4, -0.2) is 34.5 Å². The molecule has 1 amide bonds. The molecule has 0 heterocycles. The van der Waals surface area contributed by atoms with Crippen LogP contribution in [0.4, 0.5) is 8.78 Å². The Morgan fingerprint density at radius 3 is 2.55 bits per heavy atom. The van der Waals surface area contributed by atoms with Gasteiger partial charge in [-0.3, -0.25) is 9.59 Å². The van der Waals surface area contributed by atoms with Crippen molar-refractivity contribution in [3.8, 4) is 0 Å². The molecule has 0 radical (unpaired) electrons. The van der Waals surface area contributed by atoms with Gasteiger partial charge in [-0.15, -0.1) is 0 Å². The summed E-state index contributed by atoms with van der Waals surface area (Å²) >= 11 is 0. The van der Waals surface area contributed by atoms with Gasteiger partial charge in [0.15, 0.2) is 11.6 Å². The Balaban J connectivity index is 2.90. The van der Waals surface area contributed by atoms with Crippen molar-refractivity contribution in [2.75, 3.05) is 6.54 Å². The summed E-state index contributed by atoms with van der Waals surface area (Å²) in [5, 5.41) is 8.81. The van der Waals surface area contributed by atoms with Gasteiger partial charge in [0.2, 0.25) is 5.91 Å². The molecule has 6 heteroatoms. The summed E-state index contributed by atoms with van der Waals surface area (Å²) in [6.45, 7) is 3.07. The number of nitrogens with zero attached hydrogens (tertiary/aromatic N) is 1. The van der Waals surface area contributed by atoms with Crippen LogP contribution in [0.3, 0.4) is 0 Å². The van der Waals surface area contributed by atoms with E-state index in [4.69, 9.17) is 5.11 Å². The molecule has 1 unspecified atom stereocenters. The first kappa shape index (κ1) is 16.1. The van der Waals surface area contributed by atoms with E-state index < -0.39 is 30.1 Å². The van der Waals surface area contributed by atoms with Gasteiger partial charge in [0.1, 0.15) is 6.54 Å². The minimum Gasteiger partial charge on any atom is -0.480 e. The standard InChI is InChI=1S/C14H17F2NO3/c1-3-9(2)17(8-13(19)20)12(18)7-10-5-4-6-11(15)14(10)16/h4-6,9H,3,7-8H2,1-2H3,(H,19,20). The summed E-state index contributed by atoms with van der Waals surface area (Å²) in [6.07, 6.45) is 0.214. The molecular weight excluding hydrogens is 268 g/mol. The van der Waals surface area contributed by atoms with Crippen molar-refractivity contribution in [3.05, 3.63) is 35.4 Å². The molecule has 0 saturated heterocycles. The molecule has 110 valence electrons. The summed E-state index contributed by atoms with van der Waals surface area (Å²) < 4.78 is 26.6. The Hall–Kier alpha value is -1.98. The van der Waals surface area contributed by atoms with Gasteiger partial charge in [0.05, 0.1) is 6.42 Å². The lowest BCUT2D eigenvalue weighted by atomic mass is 10.1. The minimum absolute atomic E-state index is 0.0753. The number of carboxylic acid groups (broad SMARTS) is 1. The van der Waals surface area contributed by atoms with Crippen LogP contribution in [0.15, 0.2) is 18.2 Å². The summed E-state index contributed by atoms with van der Waals surface area (Å²) in [5.41, 5.74) is -0.0753. The molecule has 0 fully saturated rings. The van der Waals surface area contributed by atoms with Crippen LogP contribution in [-0.2, 0) is 16.0 Å². The molecule has 1 aromatic rings. The number of carboxylic acids is 1. The third-order valence-electron chi connectivity index (χ3n) is 3.12. The van der Waals surface area contributed by atoms with Gasteiger partial charge in [0, 0.05) is 11.6 Å². The van der Waals surface area contributed by atoms with Crippen LogP contribution in [0, 0.1) is 11.6 Å². The molecular formula is C14H17F2NO3. The lowest BCUT2D eigenvalue weighted by Crippen LogP contribution is -2.42. The van der Waals surface area contributed by atoms with Crippen LogP contribution < -0.4 is 0 Å². The predicted octanol–water partition coefficient (Wildman–Crippen LogP) is 2.22. The zero-order valence-electron chi connectivity index (χ0n) is 11.4. The Morgan fingerprint density at radius 2 is 2.00 bits per heavy atom. The lowest BCUT2D eigenvalue weighted by Gasteiger charge is -2.27. The number of halogens is 2. The summed E-state index contributed by atoms with van der Waals surface area (Å²) in [6, 6.07) is 3.31. The number of hydrogen-bond donors (Lipinski definition) is 1. The van der Waals surface area contributed by atoms with E-state index in [1.165, 1.54) is 12.1 Å². The summed E-state index contributed by atoms with van der Waals surface area (Å²) in [7, 11) is 0. The van der Waals surface area contributed by atoms with Gasteiger partial charge in [0.25, 0.3) is 0 Å². The first-order valence-electron chi connectivity index (χ1n) is 6.31. The fourth-order valence-corrected chi connectivity index (χ4v) is 1.81. The Kier molecular flexibility index (Phi) is 5.61. The quantitative estimate of drug-likeness (QED) is 0.872. The zero-order valence-corrected chi connectivity index (χ0v) is 11.4. The molecule has 0 bridgehead atoms. The van der Waals surface area contributed by atoms with Crippen molar-refractivity contribution in [1.29, 1.82) is 0 Å². The van der Waals surface area contributed by atoms with E-state index in [0.717, 1.165) is 11.0 Å². The Bertz CT molecular complexity index is 505. The SMILES string of the molecule is CCC(C)N(CC(=O)O)C(=O)Cc1cccc(F)c1F. The van der Waals surface area contributed by atoms with Crippen LogP contribution in [0.1, 0.15) is 25.8 Å². The van der Waals surface area contributed by atoms with Crippen LogP contribution >= 0.6 is 0 Å². The molecule has 4 nitrogen and oxygen atoms in total. The zero-order chi connectivity index (χ0) is 15.3. The highest BCUT2D eigenvalue weighted by atomic mass is 19.2. The van der Waals surface area contributed by atoms with Crippen molar-refractivity contribution in [3.63, 3.8) is 0 Å². The first-order valence-corrected chi connectivity index (χ1v) is 6.31. The van der Waals surface area contributed by atoms with Crippen molar-refractivity contribution in [2.45, 2.75) is 32.7 Å². The number of benzene rings is 1. The maximum atomic E-state index is 13.5. The van der Waals surface area contributed by atoms with Gasteiger partial charge in [-0.25, -0.2) is 8.78 Å². The van der Waals surface area contributed by atoms with E-state index >= 15 is 0 Å². The van der Waals surface area contributed by atoms with Gasteiger partial charge in [-0.1, -0.05) is 19.1 Å². The number of carbonyl (C=O) groups excluding carboxylic acids is 1. The molecule has 1 aromatic carbocycles. The van der Waals surface area contributed by atoms with Crippen LogP contribution in [0.5, 0.6) is 0 Å². The average Bonchev–Trinajstić information content (AvgIpc) is 2.40. The highest BCUT2D eigenvalue weighted by Crippen LogP contribution is 2.14. The van der Waals surface area contributed by atoms with E-state index in [2.05, 4.69) is 0 Å². The highest BCUT2D eigenvalue weighted by molar-refractivity contribution is 5.83. The number of hydrogen-bond acceptors (Lipinski definition) is 2. The summed E-state index contributed by atoms with van der Waals surface area (Å²) in [4.78, 5) is 24.0. The molecule has 1 atom stereocenters. The molecule has 0 aromatic heterocycles. The molecule has 0 spiro atoms. The minimum atomic E-state index is -1.14. The number of rotatable bonds is 6. The highest BCUT2D eigenvalue weighted by Gasteiger charge is 2.23. The van der Waals surface area contributed by atoms with E-state index in [-0.39, 0.29) is 18.0 Å². The van der Waals surface area contributed by atoms with Gasteiger partial charge in [-0.05, 0) is 19.4 Å². The number of aliphatic carboxylic acids is 1. The van der Waals surface area contributed by atoms with Gasteiger partial charge in [-0.2, -0.15) is 0 Å². The fraction of sp³-hybridized carbons (Fsp3) is 0.429. The fourth-order valence-electron chi connectivity index (χ4n) is 1.81. The maximum absolute atomic E-state index is 13.5. The Labute approximate surface area is 116 Å². The van der Waals surface area contributed by atoms with Crippen LogP contribution in [0.25, 0.3) is 0 Å². The maximum Gasteiger partial charge on any atom is 0.323 e. The second kappa shape index (κ2) is 6.98. The second-order valence-electron chi connectivity index (χ2n) is 4.56. The molecule has 1 rings (SSSR count). The molecule has 20 heavy (non-hydrogen) atoms. The topological polar surface area (TPSA) is 57.6 Å². The van der Waals surface area contributed by atoms with E-state index in [0.29, 0.717) is 6.42 Å². The monoisotopic (exact) mass is 285 g/mol. The third kappa shape index (κ3) is 4.01. The molecule has 0 aliphatic carbocycles. The first-order chi connectivity index (χ1) is 9.36. The number of amides is 1. The van der Waals surface area contributed by atoms with Crippen molar-refractivity contribution < 1.29 is 23.5 Å². The van der Waals surface area contributed by atoms with E-state index in [1.54, 1.807) is 6.92 Å². The van der Waals surface area contributed by atoms with E-state index in [9.17, 15) is 18.4 Å². The van der Waals surface area contributed by atoms with Crippen LogP contribution in [0.2, 0.25) is 0 Å². The average molecular weight is 285 g/mol. The predicted molar refractivity (Wildman–Crippen MR) is 69.2 cm³/mol. The molecule has 1 N–H and O–H groups in total.